The fourth-order valence-electron chi connectivity index (χ4n) is 3.29. The zero-order valence-corrected chi connectivity index (χ0v) is 92.2. The van der Waals surface area contributed by atoms with Crippen molar-refractivity contribution < 1.29 is 23.3 Å². The Kier molecular flexibility index (Phi) is 119. The molecule has 0 spiro atoms. The van der Waals surface area contributed by atoms with Gasteiger partial charge in [0.15, 0.2) is 0 Å². The van der Waals surface area contributed by atoms with Crippen molar-refractivity contribution in [2.45, 2.75) is 26.9 Å². The van der Waals surface area contributed by atoms with Crippen LogP contribution >= 0.6 is 0 Å². The van der Waals surface area contributed by atoms with Crippen molar-refractivity contribution >= 4 is 603 Å². The molecule has 0 radical (unpaired) electrons. The second-order valence-electron chi connectivity index (χ2n) is 7.56. The van der Waals surface area contributed by atoms with E-state index in [2.05, 4.69) is 15.3 Å². The molecule has 0 saturated carbocycles. The predicted molar refractivity (Wildman–Crippen MR) is 222 cm³/mol. The van der Waals surface area contributed by atoms with Crippen LogP contribution in [-0.2, 0) is 4.74 Å². The molecule has 0 aliphatic heterocycles. The third-order valence-electron chi connectivity index (χ3n) is 4.82. The summed E-state index contributed by atoms with van der Waals surface area (Å²) in [5.74, 6) is -1.49. The Bertz CT molecular complexity index is 1430. The van der Waals surface area contributed by atoms with Crippen LogP contribution in [0, 0.1) is 22.9 Å². The second kappa shape index (κ2) is 69.4. The fraction of sp³-hybridized carbons (Fsp3) is 0.174. The molecule has 0 aliphatic carbocycles. The van der Waals surface area contributed by atoms with Gasteiger partial charge in [-0.1, -0.05) is 18.2 Å². The molecule has 51 heavy (non-hydrogen) atoms. The van der Waals surface area contributed by atoms with Crippen LogP contribution in [0.15, 0.2) is 53.3 Å². The number of nitro benzene ring substituents is 1. The quantitative estimate of drug-likeness (QED) is 0.110. The van der Waals surface area contributed by atoms with Crippen LogP contribution in [0.3, 0.4) is 0 Å². The van der Waals surface area contributed by atoms with E-state index in [9.17, 15) is 19.3 Å². The number of hydrogen-bond acceptors (Lipinski definition) is 8. The second-order valence-corrected chi connectivity index (χ2v) is 7.56. The van der Waals surface area contributed by atoms with E-state index in [1.54, 1.807) is 26.8 Å². The number of esters is 1. The van der Waals surface area contributed by atoms with Crippen LogP contribution < -0.4 is 5.32 Å². The van der Waals surface area contributed by atoms with Crippen LogP contribution in [0.4, 0.5) is 21.7 Å². The predicted octanol–water partition coefficient (Wildman–Crippen LogP) is -1.30. The summed E-state index contributed by atoms with van der Waals surface area (Å²) in [4.78, 5) is 31.7. The molecule has 2 heterocycles. The van der Waals surface area contributed by atoms with Crippen molar-refractivity contribution in [1.29, 1.82) is 0 Å². The topological polar surface area (TPSA) is 120 Å². The normalized spacial score (nSPS) is 8.57. The van der Waals surface area contributed by atoms with Crippen LogP contribution in [-0.4, -0.2) is 595 Å². The van der Waals surface area contributed by atoms with Gasteiger partial charge in [-0.3, -0.25) is 10.1 Å². The Morgan fingerprint density at radius 2 is 1.35 bits per heavy atom. The Labute approximate surface area is 711 Å². The number of carbonyl (C=O) groups is 1. The molecule has 28 heteroatoms. The monoisotopic (exact) mass is 1150 g/mol. The Morgan fingerprint density at radius 3 is 1.82 bits per heavy atom. The molecule has 4 aromatic rings. The maximum absolute atomic E-state index is 13.9. The van der Waals surface area contributed by atoms with Crippen LogP contribution in [0.2, 0.25) is 0 Å². The molecule has 0 aliphatic rings. The average molecular weight is 1150 g/mol. The maximum atomic E-state index is 13.9. The van der Waals surface area contributed by atoms with Crippen molar-refractivity contribution in [3.63, 3.8) is 0 Å². The first-order chi connectivity index (χ1) is 24.7. The van der Waals surface area contributed by atoms with E-state index in [0.29, 0.717) is 16.7 Å². The minimum atomic E-state index is -0.943. The summed E-state index contributed by atoms with van der Waals surface area (Å²) in [6.45, 7) is 5.05. The van der Waals surface area contributed by atoms with Gasteiger partial charge in [0, 0.05) is 23.2 Å². The van der Waals surface area contributed by atoms with Gasteiger partial charge < -0.3 is 14.5 Å². The number of anilines is 2. The Balaban J connectivity index is -0.000000246. The summed E-state index contributed by atoms with van der Waals surface area (Å²) in [6, 6.07) is 9.39. The summed E-state index contributed by atoms with van der Waals surface area (Å²) < 4.78 is 24.8. The summed E-state index contributed by atoms with van der Waals surface area (Å²) in [5, 5.41) is 14.7. The van der Waals surface area contributed by atoms with E-state index in [1.165, 1.54) is 581 Å². The zero-order chi connectivity index (χ0) is 41.7. The average Bonchev–Trinajstić information content (AvgIpc) is 3.64. The summed E-state index contributed by atoms with van der Waals surface area (Å²) in [5.41, 5.74) is 1.53. The molecule has 0 atom stereocenters. The molecular weight excluding hydrogens is 1140 g/mol. The number of nitrogens with zero attached hydrogens (tertiary/aromatic N) is 3. The third kappa shape index (κ3) is 45.3. The molecule has 0 fully saturated rings. The van der Waals surface area contributed by atoms with Gasteiger partial charge in [-0.25, -0.2) is 14.8 Å². The number of halogens is 1. The van der Waals surface area contributed by atoms with Gasteiger partial charge in [0.1, 0.15) is 17.4 Å². The number of carbonyl (C=O) groups excluding carboxylic acids is 1. The van der Waals surface area contributed by atoms with Gasteiger partial charge in [-0.2, -0.15) is 4.39 Å². The molecule has 2 aromatic heterocycles. The molecule has 9 nitrogen and oxygen atoms in total. The summed E-state index contributed by atoms with van der Waals surface area (Å²) in [6.07, 6.45) is 2.44. The van der Waals surface area contributed by atoms with E-state index in [0.717, 1.165) is 17.5 Å². The number of ether oxygens (including phenoxy) is 1. The molecule has 0 unspecified atom stereocenters. The minimum absolute atomic E-state index is 0.0559. The first-order valence-electron chi connectivity index (χ1n) is 19.0. The van der Waals surface area contributed by atoms with Gasteiger partial charge in [0.2, 0.25) is 11.8 Å². The van der Waals surface area contributed by atoms with E-state index in [4.69, 9.17) is 9.15 Å². The van der Waals surface area contributed by atoms with Crippen molar-refractivity contribution in [2.24, 2.45) is 0 Å². The van der Waals surface area contributed by atoms with E-state index < -0.39 is 22.4 Å². The van der Waals surface area contributed by atoms with Crippen molar-refractivity contribution in [1.82, 2.24) is 9.97 Å². The number of furan rings is 1. The number of aryl methyl sites for hydroxylation is 1. The third-order valence-corrected chi connectivity index (χ3v) is 4.82. The van der Waals surface area contributed by atoms with Gasteiger partial charge >= 0.3 is 580 Å². The molecule has 0 amide bonds. The number of benzene rings is 2. The van der Waals surface area contributed by atoms with Crippen molar-refractivity contribution in [3.8, 4) is 11.3 Å². The van der Waals surface area contributed by atoms with Gasteiger partial charge in [-0.05, 0) is 38.5 Å². The SMILES string of the molecule is Cc1cc(F)c([N+](=O)[O-])cc1Nc1ncc(C(=O)OC(C)C)c(-c2coc3ccccc23)n1.[K][K].[K][K].[K][K].[K][K].[K][K].[K][K].[K][K].[K][K].[K][K]. The number of nitrogens with one attached hydrogen (secondary N) is 1. The molecule has 186 valence electrons. The van der Waals surface area contributed by atoms with E-state index >= 15 is 0 Å². The first-order valence-corrected chi connectivity index (χ1v) is 163. The van der Waals surface area contributed by atoms with Crippen LogP contribution in [0.1, 0.15) is 29.8 Å². The summed E-state index contributed by atoms with van der Waals surface area (Å²) in [7, 11) is 0. The van der Waals surface area contributed by atoms with Crippen LogP contribution in [0.25, 0.3) is 22.2 Å². The number of aromatic nitrogens is 2. The Hall–Kier alpha value is 25.1. The first kappa shape index (κ1) is 87.4. The Morgan fingerprint density at radius 1 is 0.863 bits per heavy atom. The van der Waals surface area contributed by atoms with Gasteiger partial charge in [0.25, 0.3) is 0 Å². The molecule has 0 bridgehead atoms. The standard InChI is InChI=1S/C23H19FN4O5.18K/c1-12(2)33-22(29)15-10-25-23(26-18-9-19(28(30)31)17(24)8-13(18)3)27-21(15)16-11-32-20-7-5-4-6-14(16)20;;;;;;;;;;;;;;;;;;/h4-12H,1-3H3,(H,25,26,27);;;;;;;;;;;;;;;;;;. The van der Waals surface area contributed by atoms with Gasteiger partial charge in [-0.15, -0.1) is 0 Å². The number of fused-ring (bicyclic) bond motifs is 1. The van der Waals surface area contributed by atoms with Gasteiger partial charge in [0.05, 0.1) is 22.4 Å². The number of nitro groups is 1. The number of rotatable bonds is 6. The van der Waals surface area contributed by atoms with Crippen molar-refractivity contribution in [3.05, 3.63) is 75.9 Å². The molecular formula is C23H19FK18N4O5. The number of para-hydroxylation sites is 1. The zero-order valence-electron chi connectivity index (χ0n) is 36.0. The molecule has 2 aromatic carbocycles. The van der Waals surface area contributed by atoms with E-state index in [1.807, 2.05) is 18.2 Å². The van der Waals surface area contributed by atoms with E-state index in [-0.39, 0.29) is 29.0 Å². The molecule has 0 saturated heterocycles. The molecule has 4 rings (SSSR count). The van der Waals surface area contributed by atoms with Crippen molar-refractivity contribution in [2.75, 3.05) is 5.32 Å². The van der Waals surface area contributed by atoms with Crippen LogP contribution in [0.5, 0.6) is 0 Å². The molecule has 1 N–H and O–H groups in total. The summed E-state index contributed by atoms with van der Waals surface area (Å²) >= 11 is 22.5. The number of hydrogen-bond donors (Lipinski definition) is 1. The fourth-order valence-corrected chi connectivity index (χ4v) is 3.29.